The molecule has 1 heterocycles. The molecule has 0 aliphatic rings. The van der Waals surface area contributed by atoms with Gasteiger partial charge in [0.05, 0.1) is 34.8 Å². The van der Waals surface area contributed by atoms with Crippen LogP contribution in [0.2, 0.25) is 0 Å². The number of hydrogen-bond acceptors (Lipinski definition) is 20. The van der Waals surface area contributed by atoms with E-state index in [2.05, 4.69) is 271 Å². The molecule has 0 saturated heterocycles. The van der Waals surface area contributed by atoms with E-state index in [0.29, 0.717) is 53.6 Å². The van der Waals surface area contributed by atoms with E-state index in [0.717, 1.165) is 69.9 Å². The lowest BCUT2D eigenvalue weighted by atomic mass is 9.93. The van der Waals surface area contributed by atoms with Gasteiger partial charge in [-0.2, -0.15) is 24.9 Å². The molecule has 0 amide bonds. The Labute approximate surface area is 873 Å². The summed E-state index contributed by atoms with van der Waals surface area (Å²) in [5.74, 6) is -1.27. The van der Waals surface area contributed by atoms with E-state index in [9.17, 15) is 47.5 Å². The SMILES string of the molecule is C.CC(C)c1ccc(NC(CC(O)c2ccccc2)c2ccccn2)cc1.CC(F)(F)c1cc(Nc2ccccc2Sc2ccccc2)cc(C(F)(F)F)c1.CSCCCNc1ccccc1Sc1ccc(C)cc1.CSc1ccccc1Nc1ccccc1.Cc1ccc(Sc2ccccc2NCC(C)(C)CN(C)C)cc1.Oc1ccccc1C=Nc1ccccc1O.Oc1ccccc1N=Nc1ccccc1O. The van der Waals surface area contributed by atoms with Crippen LogP contribution in [-0.2, 0) is 12.1 Å². The molecule has 0 radical (unpaired) electrons. The normalized spacial score (nSPS) is 11.4. The lowest BCUT2D eigenvalue weighted by Crippen LogP contribution is -2.34. The number of thioether (sulfide) groups is 2. The van der Waals surface area contributed by atoms with Crippen LogP contribution in [0.3, 0.4) is 0 Å². The third kappa shape index (κ3) is 40.8. The molecule has 2 atom stereocenters. The number of pyridine rings is 1. The smallest absolute Gasteiger partial charge is 0.416 e. The van der Waals surface area contributed by atoms with Gasteiger partial charge in [-0.1, -0.05) is 288 Å². The number of aromatic nitrogens is 1. The third-order valence-electron chi connectivity index (χ3n) is 21.5. The van der Waals surface area contributed by atoms with Crippen molar-refractivity contribution in [3.63, 3.8) is 0 Å². The van der Waals surface area contributed by atoms with Gasteiger partial charge in [0.15, 0.2) is 0 Å². The number of alkyl halides is 5. The van der Waals surface area contributed by atoms with Gasteiger partial charge in [0.1, 0.15) is 40.1 Å². The molecule has 0 bridgehead atoms. The molecule has 1 aromatic heterocycles. The second-order valence-corrected chi connectivity index (χ2v) is 39.8. The van der Waals surface area contributed by atoms with Gasteiger partial charge in [-0.3, -0.25) is 9.98 Å². The number of azo groups is 1. The number of hydrogen-bond donors (Lipinski definition) is 10. The number of aliphatic hydroxyl groups is 1. The predicted molar refractivity (Wildman–Crippen MR) is 603 cm³/mol. The third-order valence-corrected chi connectivity index (χ3v) is 26.2. The highest BCUT2D eigenvalue weighted by atomic mass is 32.2. The number of anilines is 7. The first kappa shape index (κ1) is 115. The second-order valence-electron chi connectivity index (χ2n) is 34.6. The fourth-order valence-corrected chi connectivity index (χ4v) is 17.8. The van der Waals surface area contributed by atoms with Crippen LogP contribution in [-0.4, -0.2) is 93.6 Å². The van der Waals surface area contributed by atoms with Crippen LogP contribution in [0.15, 0.2) is 450 Å². The lowest BCUT2D eigenvalue weighted by Gasteiger charge is -2.29. The van der Waals surface area contributed by atoms with Crippen molar-refractivity contribution in [1.29, 1.82) is 0 Å². The van der Waals surface area contributed by atoms with Gasteiger partial charge in [-0.25, -0.2) is 8.78 Å². The van der Waals surface area contributed by atoms with E-state index in [1.165, 1.54) is 94.8 Å². The van der Waals surface area contributed by atoms with Crippen LogP contribution in [0.4, 0.5) is 78.8 Å². The quantitative estimate of drug-likeness (QED) is 0.00609. The van der Waals surface area contributed by atoms with Crippen molar-refractivity contribution in [3.05, 3.63) is 445 Å². The number of aliphatic imine (C=N–C) groups is 1. The monoisotopic (exact) mass is 2040 g/mol. The van der Waals surface area contributed by atoms with Gasteiger partial charge in [0, 0.05) is 119 Å². The van der Waals surface area contributed by atoms with E-state index >= 15 is 0 Å². The first-order valence-corrected chi connectivity index (χ1v) is 51.9. The molecule has 145 heavy (non-hydrogen) atoms. The summed E-state index contributed by atoms with van der Waals surface area (Å²) < 4.78 is 66.9. The number of nitrogens with one attached hydrogen (secondary N) is 5. The minimum Gasteiger partial charge on any atom is -0.507 e. The highest BCUT2D eigenvalue weighted by Crippen LogP contribution is 2.43. The van der Waals surface area contributed by atoms with Crippen molar-refractivity contribution in [2.75, 3.05) is 78.6 Å². The molecule has 15 aromatic carbocycles. The summed E-state index contributed by atoms with van der Waals surface area (Å²) in [5.41, 5.74) is 12.2. The molecular formula is C120H129F5N10O5S5. The molecule has 754 valence electrons. The van der Waals surface area contributed by atoms with Crippen molar-refractivity contribution in [1.82, 2.24) is 9.88 Å². The van der Waals surface area contributed by atoms with Crippen LogP contribution in [0, 0.1) is 19.3 Å². The summed E-state index contributed by atoms with van der Waals surface area (Å²) in [6.07, 6.45) is 4.02. The Kier molecular flexibility index (Phi) is 47.6. The molecular weight excluding hydrogens is 1920 g/mol. The number of phenols is 4. The Morgan fingerprint density at radius 3 is 1.33 bits per heavy atom. The van der Waals surface area contributed by atoms with Crippen molar-refractivity contribution < 1.29 is 47.5 Å². The number of aliphatic hydroxyl groups excluding tert-OH is 1. The average molecular weight is 2050 g/mol. The number of aromatic hydroxyl groups is 4. The number of aryl methyl sites for hydroxylation is 2. The highest BCUT2D eigenvalue weighted by molar-refractivity contribution is 8.00. The summed E-state index contributed by atoms with van der Waals surface area (Å²) in [7, 11) is 4.26. The topological polar surface area (TPSA) is 215 Å². The maximum atomic E-state index is 13.7. The Morgan fingerprint density at radius 2 is 0.848 bits per heavy atom. The Hall–Kier alpha value is -13.8. The van der Waals surface area contributed by atoms with Crippen molar-refractivity contribution >= 4 is 122 Å². The van der Waals surface area contributed by atoms with Crippen molar-refractivity contribution in [2.24, 2.45) is 20.6 Å². The van der Waals surface area contributed by atoms with E-state index in [-0.39, 0.29) is 47.6 Å². The summed E-state index contributed by atoms with van der Waals surface area (Å²) in [5, 5.41) is 73.2. The molecule has 0 fully saturated rings. The van der Waals surface area contributed by atoms with Crippen LogP contribution in [0.5, 0.6) is 23.0 Å². The number of para-hydroxylation sites is 10. The molecule has 16 aromatic rings. The van der Waals surface area contributed by atoms with Gasteiger partial charge in [-0.05, 0) is 263 Å². The van der Waals surface area contributed by atoms with Crippen LogP contribution in [0.1, 0.15) is 118 Å². The largest absolute Gasteiger partial charge is 0.507 e. The number of halogens is 5. The number of phenolic OH excluding ortho intramolecular Hbond substituents is 4. The van der Waals surface area contributed by atoms with Gasteiger partial charge < -0.3 is 57.0 Å². The van der Waals surface area contributed by atoms with Gasteiger partial charge in [-0.15, -0.1) is 22.0 Å². The molecule has 0 aliphatic heterocycles. The van der Waals surface area contributed by atoms with Gasteiger partial charge in [0.2, 0.25) is 0 Å². The standard InChI is InChI=1S/C23H26N2O.C21H16F5NS.C20H28N2S.C17H21NS2.C13H11NO2.C13H13NS.C12H10N2O2.CH4/c1-17(2)18-11-13-20(14-12-18)25-22(21-10-6-7-15-24-21)16-23(26)19-8-4-3-5-9-19;1-20(22,23)14-11-15(21(24,25)26)13-16(12-14)27-18-9-5-6-10-19(18)28-17-7-3-2-4-8-17;1-16-10-12-17(13-11-16)23-19-9-7-6-8-18(19)21-14-20(2,3)15-22(4)5;1-14-8-10-15(11-9-14)20-17-7-4-3-6-16(17)18-12-5-13-19-2;15-12-7-3-1-5-10(12)9-14-11-6-2-4-8-13(11)16;1-15-13-10-6-5-9-12(13)14-11-7-3-2-4-8-11;15-11-7-3-1-5-9(11)13-14-10-6-2-4-8-12(10)16;/h3-15,17,22-23,25-26H,16H2,1-2H3;2-13,27H,1H3;6-13,21H,14-15H2,1-5H3;3-4,6-11,18H,5,12-13H2,1-2H3;1-9,15-16H;2-10,14H,1H3;1-8,15-16H;1H4. The molecule has 2 unspecified atom stereocenters. The van der Waals surface area contributed by atoms with Gasteiger partial charge in [0.25, 0.3) is 5.92 Å². The number of rotatable bonds is 33. The predicted octanol–water partition coefficient (Wildman–Crippen LogP) is 34.8. The average Bonchev–Trinajstić information content (AvgIpc) is 0.802. The second kappa shape index (κ2) is 60.1. The molecule has 0 aliphatic carbocycles. The molecule has 0 saturated carbocycles. The Morgan fingerprint density at radius 1 is 0.421 bits per heavy atom. The molecule has 25 heteroatoms. The summed E-state index contributed by atoms with van der Waals surface area (Å²) in [6.45, 7) is 16.9. The minimum absolute atomic E-state index is 0. The maximum absolute atomic E-state index is 13.7. The Bertz CT molecular complexity index is 6340. The first-order chi connectivity index (χ1) is 69.3. The summed E-state index contributed by atoms with van der Waals surface area (Å²) in [4.78, 5) is 18.9. The maximum Gasteiger partial charge on any atom is 0.416 e. The minimum atomic E-state index is -4.73. The zero-order valence-electron chi connectivity index (χ0n) is 82.6. The fourth-order valence-electron chi connectivity index (χ4n) is 14.1. The summed E-state index contributed by atoms with van der Waals surface area (Å²) >= 11 is 8.71. The fraction of sp³-hybridized carbons (Fsp3) is 0.200. The van der Waals surface area contributed by atoms with Crippen LogP contribution in [0.25, 0.3) is 0 Å². The van der Waals surface area contributed by atoms with E-state index in [4.69, 9.17) is 0 Å². The van der Waals surface area contributed by atoms with Crippen LogP contribution >= 0.6 is 58.8 Å². The van der Waals surface area contributed by atoms with E-state index < -0.39 is 29.3 Å². The summed E-state index contributed by atoms with van der Waals surface area (Å²) in [6, 6.07) is 123. The lowest BCUT2D eigenvalue weighted by molar-refractivity contribution is -0.137. The van der Waals surface area contributed by atoms with Gasteiger partial charge >= 0.3 is 6.18 Å². The molecule has 15 nitrogen and oxygen atoms in total. The van der Waals surface area contributed by atoms with Crippen LogP contribution < -0.4 is 26.6 Å². The van der Waals surface area contributed by atoms with E-state index in [1.807, 2.05) is 151 Å². The highest BCUT2D eigenvalue weighted by Gasteiger charge is 2.35. The molecule has 16 rings (SSSR count). The first-order valence-electron chi connectivity index (χ1n) is 46.9. The van der Waals surface area contributed by atoms with Crippen molar-refractivity contribution in [2.45, 2.75) is 133 Å². The molecule has 0 spiro atoms. The van der Waals surface area contributed by atoms with Crippen molar-refractivity contribution in [3.8, 4) is 23.0 Å². The molecule has 10 N–H and O–H groups in total. The van der Waals surface area contributed by atoms with E-state index in [1.54, 1.807) is 115 Å². The Balaban J connectivity index is 0.000000190. The zero-order chi connectivity index (χ0) is 103. The zero-order valence-corrected chi connectivity index (χ0v) is 86.6. The number of nitrogens with zero attached hydrogens (tertiary/aromatic N) is 5. The number of benzene rings is 15.